The van der Waals surface area contributed by atoms with Gasteiger partial charge in [0.25, 0.3) is 5.91 Å². The van der Waals surface area contributed by atoms with Gasteiger partial charge in [0.15, 0.2) is 5.65 Å². The standard InChI is InChI=1S/C18H20N4O/c1-12(2)22-17-15(11-20-22)9-16(10-19-17)18(23)21-13(3)14-7-5-4-6-8-14/h4-13H,1-3H3,(H,21,23)/t13-/m0/s1. The number of aromatic nitrogens is 3. The molecule has 3 aromatic rings. The van der Waals surface area contributed by atoms with E-state index in [1.807, 2.05) is 48.0 Å². The molecule has 1 amide bonds. The second-order valence-corrected chi connectivity index (χ2v) is 5.93. The molecule has 5 nitrogen and oxygen atoms in total. The lowest BCUT2D eigenvalue weighted by molar-refractivity contribution is 0.0939. The average Bonchev–Trinajstić information content (AvgIpc) is 2.98. The van der Waals surface area contributed by atoms with Gasteiger partial charge in [0.1, 0.15) is 0 Å². The molecule has 0 aliphatic carbocycles. The Labute approximate surface area is 135 Å². The highest BCUT2D eigenvalue weighted by Crippen LogP contribution is 2.18. The van der Waals surface area contributed by atoms with Crippen molar-refractivity contribution in [2.24, 2.45) is 0 Å². The van der Waals surface area contributed by atoms with Gasteiger partial charge in [0, 0.05) is 17.6 Å². The highest BCUT2D eigenvalue weighted by atomic mass is 16.1. The van der Waals surface area contributed by atoms with Crippen LogP contribution in [0.1, 0.15) is 48.8 Å². The normalized spacial score (nSPS) is 12.5. The number of hydrogen-bond acceptors (Lipinski definition) is 3. The fraction of sp³-hybridized carbons (Fsp3) is 0.278. The summed E-state index contributed by atoms with van der Waals surface area (Å²) < 4.78 is 1.85. The van der Waals surface area contributed by atoms with Crippen molar-refractivity contribution in [3.63, 3.8) is 0 Å². The number of carbonyl (C=O) groups excluding carboxylic acids is 1. The van der Waals surface area contributed by atoms with Crippen molar-refractivity contribution in [1.82, 2.24) is 20.1 Å². The molecule has 0 spiro atoms. The first-order chi connectivity index (χ1) is 11.1. The first-order valence-electron chi connectivity index (χ1n) is 7.75. The Hall–Kier alpha value is -2.69. The lowest BCUT2D eigenvalue weighted by Gasteiger charge is -2.14. The van der Waals surface area contributed by atoms with Crippen LogP contribution in [0.5, 0.6) is 0 Å². The molecule has 0 aliphatic heterocycles. The summed E-state index contributed by atoms with van der Waals surface area (Å²) in [6.45, 7) is 6.07. The topological polar surface area (TPSA) is 59.8 Å². The maximum absolute atomic E-state index is 12.4. The Bertz CT molecular complexity index is 823. The van der Waals surface area contributed by atoms with Crippen LogP contribution in [0.25, 0.3) is 11.0 Å². The van der Waals surface area contributed by atoms with E-state index >= 15 is 0 Å². The summed E-state index contributed by atoms with van der Waals surface area (Å²) in [5, 5.41) is 8.20. The number of fused-ring (bicyclic) bond motifs is 1. The fourth-order valence-electron chi connectivity index (χ4n) is 2.55. The van der Waals surface area contributed by atoms with Crippen LogP contribution in [0.15, 0.2) is 48.8 Å². The molecule has 5 heteroatoms. The largest absolute Gasteiger partial charge is 0.345 e. The summed E-state index contributed by atoms with van der Waals surface area (Å²) in [7, 11) is 0. The van der Waals surface area contributed by atoms with E-state index in [-0.39, 0.29) is 18.0 Å². The molecule has 0 saturated heterocycles. The van der Waals surface area contributed by atoms with E-state index in [1.165, 1.54) is 0 Å². The van der Waals surface area contributed by atoms with E-state index in [0.717, 1.165) is 16.6 Å². The molecule has 1 N–H and O–H groups in total. The van der Waals surface area contributed by atoms with E-state index in [4.69, 9.17) is 0 Å². The van der Waals surface area contributed by atoms with Crippen LogP contribution in [0, 0.1) is 0 Å². The maximum Gasteiger partial charge on any atom is 0.253 e. The van der Waals surface area contributed by atoms with Gasteiger partial charge < -0.3 is 5.32 Å². The maximum atomic E-state index is 12.4. The molecule has 0 bridgehead atoms. The zero-order chi connectivity index (χ0) is 16.4. The molecular weight excluding hydrogens is 288 g/mol. The van der Waals surface area contributed by atoms with Crippen molar-refractivity contribution < 1.29 is 4.79 Å². The second-order valence-electron chi connectivity index (χ2n) is 5.93. The fourth-order valence-corrected chi connectivity index (χ4v) is 2.55. The van der Waals surface area contributed by atoms with Gasteiger partial charge in [0.2, 0.25) is 0 Å². The highest BCUT2D eigenvalue weighted by Gasteiger charge is 2.14. The van der Waals surface area contributed by atoms with Crippen LogP contribution in [-0.2, 0) is 0 Å². The number of nitrogens with one attached hydrogen (secondary N) is 1. The van der Waals surface area contributed by atoms with E-state index in [9.17, 15) is 4.79 Å². The third kappa shape index (κ3) is 3.08. The van der Waals surface area contributed by atoms with Crippen molar-refractivity contribution in [2.45, 2.75) is 32.9 Å². The van der Waals surface area contributed by atoms with E-state index in [1.54, 1.807) is 12.4 Å². The molecule has 0 fully saturated rings. The van der Waals surface area contributed by atoms with Gasteiger partial charge in [-0.1, -0.05) is 30.3 Å². The van der Waals surface area contributed by atoms with Gasteiger partial charge in [-0.15, -0.1) is 0 Å². The zero-order valence-electron chi connectivity index (χ0n) is 13.5. The number of nitrogens with zero attached hydrogens (tertiary/aromatic N) is 3. The molecule has 0 aliphatic rings. The minimum absolute atomic E-state index is 0.0576. The lowest BCUT2D eigenvalue weighted by atomic mass is 10.1. The van der Waals surface area contributed by atoms with Gasteiger partial charge in [-0.3, -0.25) is 4.79 Å². The minimum atomic E-state index is -0.131. The summed E-state index contributed by atoms with van der Waals surface area (Å²) in [6, 6.07) is 11.9. The van der Waals surface area contributed by atoms with Crippen LogP contribution in [0.2, 0.25) is 0 Å². The summed E-state index contributed by atoms with van der Waals surface area (Å²) in [4.78, 5) is 16.8. The molecule has 0 saturated carbocycles. The van der Waals surface area contributed by atoms with Crippen LogP contribution in [0.4, 0.5) is 0 Å². The molecule has 2 heterocycles. The van der Waals surface area contributed by atoms with E-state index < -0.39 is 0 Å². The van der Waals surface area contributed by atoms with Crippen LogP contribution in [-0.4, -0.2) is 20.7 Å². The smallest absolute Gasteiger partial charge is 0.253 e. The lowest BCUT2D eigenvalue weighted by Crippen LogP contribution is -2.26. The Kier molecular flexibility index (Phi) is 4.10. The first kappa shape index (κ1) is 15.2. The number of carbonyl (C=O) groups is 1. The van der Waals surface area contributed by atoms with Gasteiger partial charge in [-0.25, -0.2) is 9.67 Å². The SMILES string of the molecule is CC(C)n1ncc2cc(C(=O)N[C@@H](C)c3ccccc3)cnc21. The molecule has 1 atom stereocenters. The Balaban J connectivity index is 1.81. The Morgan fingerprint density at radius 2 is 1.87 bits per heavy atom. The number of amides is 1. The minimum Gasteiger partial charge on any atom is -0.345 e. The zero-order valence-corrected chi connectivity index (χ0v) is 13.5. The highest BCUT2D eigenvalue weighted by molar-refractivity contribution is 5.97. The molecule has 23 heavy (non-hydrogen) atoms. The summed E-state index contributed by atoms with van der Waals surface area (Å²) >= 11 is 0. The molecular formula is C18H20N4O. The average molecular weight is 308 g/mol. The van der Waals surface area contributed by atoms with Crippen LogP contribution < -0.4 is 5.32 Å². The summed E-state index contributed by atoms with van der Waals surface area (Å²) in [6.07, 6.45) is 3.36. The van der Waals surface area contributed by atoms with Gasteiger partial charge in [-0.05, 0) is 32.4 Å². The first-order valence-corrected chi connectivity index (χ1v) is 7.75. The number of pyridine rings is 1. The Morgan fingerprint density at radius 3 is 2.57 bits per heavy atom. The van der Waals surface area contributed by atoms with Crippen LogP contribution in [0.3, 0.4) is 0 Å². The van der Waals surface area contributed by atoms with Crippen molar-refractivity contribution in [3.05, 3.63) is 59.9 Å². The third-order valence-corrected chi connectivity index (χ3v) is 3.83. The molecule has 3 rings (SSSR count). The van der Waals surface area contributed by atoms with Crippen molar-refractivity contribution in [1.29, 1.82) is 0 Å². The third-order valence-electron chi connectivity index (χ3n) is 3.83. The van der Waals surface area contributed by atoms with Gasteiger partial charge in [0.05, 0.1) is 17.8 Å². The molecule has 2 aromatic heterocycles. The van der Waals surface area contributed by atoms with Gasteiger partial charge in [-0.2, -0.15) is 5.10 Å². The van der Waals surface area contributed by atoms with E-state index in [0.29, 0.717) is 5.56 Å². The predicted molar refractivity (Wildman–Crippen MR) is 90.2 cm³/mol. The molecule has 0 radical (unpaired) electrons. The van der Waals surface area contributed by atoms with Gasteiger partial charge >= 0.3 is 0 Å². The van der Waals surface area contributed by atoms with E-state index in [2.05, 4.69) is 29.2 Å². The molecule has 118 valence electrons. The molecule has 1 aromatic carbocycles. The monoisotopic (exact) mass is 308 g/mol. The number of hydrogen-bond donors (Lipinski definition) is 1. The number of benzene rings is 1. The summed E-state index contributed by atoms with van der Waals surface area (Å²) in [5.41, 5.74) is 2.42. The predicted octanol–water partition coefficient (Wildman–Crippen LogP) is 3.50. The number of rotatable bonds is 4. The Morgan fingerprint density at radius 1 is 1.13 bits per heavy atom. The van der Waals surface area contributed by atoms with Crippen LogP contribution >= 0.6 is 0 Å². The van der Waals surface area contributed by atoms with Crippen molar-refractivity contribution in [3.8, 4) is 0 Å². The van der Waals surface area contributed by atoms with Crippen molar-refractivity contribution in [2.75, 3.05) is 0 Å². The second kappa shape index (κ2) is 6.20. The summed E-state index contributed by atoms with van der Waals surface area (Å²) in [5.74, 6) is -0.131. The molecule has 0 unspecified atom stereocenters. The quantitative estimate of drug-likeness (QED) is 0.802. The van der Waals surface area contributed by atoms with Crippen molar-refractivity contribution >= 4 is 16.9 Å².